The van der Waals surface area contributed by atoms with Crippen LogP contribution in [0.1, 0.15) is 64.4 Å². The highest BCUT2D eigenvalue weighted by Gasteiger charge is 2.35. The number of ether oxygens (including phenoxy) is 1. The van der Waals surface area contributed by atoms with Crippen molar-refractivity contribution in [3.05, 3.63) is 29.8 Å². The van der Waals surface area contributed by atoms with E-state index < -0.39 is 41.3 Å². The second-order valence-corrected chi connectivity index (χ2v) is 11.8. The van der Waals surface area contributed by atoms with Gasteiger partial charge in [-0.25, -0.2) is 9.59 Å². The summed E-state index contributed by atoms with van der Waals surface area (Å²) in [6.45, 7) is 4.05. The number of nitrogens with one attached hydrogen (secondary N) is 5. The van der Waals surface area contributed by atoms with Crippen molar-refractivity contribution >= 4 is 60.0 Å². The topological polar surface area (TPSA) is 218 Å². The molecule has 1 fully saturated rings. The third-order valence-electron chi connectivity index (χ3n) is 7.17. The molecule has 1 aliphatic rings. The third-order valence-corrected chi connectivity index (χ3v) is 7.57. The Morgan fingerprint density at radius 3 is 2.28 bits per heavy atom. The van der Waals surface area contributed by atoms with Gasteiger partial charge in [0.05, 0.1) is 5.25 Å². The lowest BCUT2D eigenvalue weighted by atomic mass is 10.0. The van der Waals surface area contributed by atoms with E-state index in [1.807, 2.05) is 0 Å². The molecule has 1 aromatic rings. The number of alkyl carbamates (subject to hydrolysis) is 1. The number of thiol groups is 1. The van der Waals surface area contributed by atoms with E-state index in [-0.39, 0.29) is 62.6 Å². The fourth-order valence-corrected chi connectivity index (χ4v) is 4.89. The standard InChI is InChI=1S/C30H45N7O8S/c1-18(2)25(36-23(38)9-5-4-6-15-37-24(39)16-22(46)28(37)42)27(41)35-21(8-7-14-33-29(31)43)26(40)34-20-12-10-19(11-13-20)17-45-30(44)32-3/h10-13,18,21-22,25,46H,4-9,14-17H2,1-3H3,(H,32,44)(H,34,40)(H,35,41)(H,36,38)(H3,31,33,43)/t21-,22?,25-/m0/s1. The van der Waals surface area contributed by atoms with Gasteiger partial charge in [-0.3, -0.25) is 28.9 Å². The number of carbonyl (C=O) groups excluding carboxylic acids is 7. The molecule has 1 aromatic carbocycles. The molecular weight excluding hydrogens is 618 g/mol. The van der Waals surface area contributed by atoms with Gasteiger partial charge in [0.25, 0.3) is 0 Å². The van der Waals surface area contributed by atoms with Crippen LogP contribution in [0.2, 0.25) is 0 Å². The highest BCUT2D eigenvalue weighted by atomic mass is 32.1. The van der Waals surface area contributed by atoms with E-state index >= 15 is 0 Å². The molecule has 1 aliphatic heterocycles. The number of rotatable bonds is 18. The Morgan fingerprint density at radius 2 is 1.70 bits per heavy atom. The van der Waals surface area contributed by atoms with E-state index in [1.54, 1.807) is 38.1 Å². The Morgan fingerprint density at radius 1 is 1.00 bits per heavy atom. The van der Waals surface area contributed by atoms with E-state index in [2.05, 4.69) is 39.2 Å². The Hall–Kier alpha value is -4.34. The fraction of sp³-hybridized carbons (Fsp3) is 0.567. The van der Waals surface area contributed by atoms with Gasteiger partial charge in [0.2, 0.25) is 29.5 Å². The maximum Gasteiger partial charge on any atom is 0.407 e. The number of hydrogen-bond donors (Lipinski definition) is 7. The number of benzene rings is 1. The van der Waals surface area contributed by atoms with Crippen LogP contribution in [-0.2, 0) is 35.3 Å². The second kappa shape index (κ2) is 19.2. The molecule has 0 bridgehead atoms. The number of amides is 8. The minimum atomic E-state index is -0.996. The summed E-state index contributed by atoms with van der Waals surface area (Å²) < 4.78 is 5.00. The van der Waals surface area contributed by atoms with Gasteiger partial charge in [-0.2, -0.15) is 12.6 Å². The average Bonchev–Trinajstić information content (AvgIpc) is 3.25. The molecule has 3 atom stereocenters. The maximum absolute atomic E-state index is 13.3. The smallest absolute Gasteiger partial charge is 0.407 e. The van der Waals surface area contributed by atoms with Gasteiger partial charge in [0.15, 0.2) is 0 Å². The van der Waals surface area contributed by atoms with Crippen molar-refractivity contribution < 1.29 is 38.3 Å². The van der Waals surface area contributed by atoms with Crippen LogP contribution in [0.5, 0.6) is 0 Å². The monoisotopic (exact) mass is 663 g/mol. The first-order chi connectivity index (χ1) is 21.8. The molecule has 0 aliphatic carbocycles. The van der Waals surface area contributed by atoms with E-state index in [0.29, 0.717) is 36.9 Å². The summed E-state index contributed by atoms with van der Waals surface area (Å²) in [7, 11) is 1.45. The minimum absolute atomic E-state index is 0.0408. The van der Waals surface area contributed by atoms with E-state index in [4.69, 9.17) is 10.5 Å². The van der Waals surface area contributed by atoms with Crippen LogP contribution in [0.3, 0.4) is 0 Å². The number of nitrogens with two attached hydrogens (primary N) is 1. The highest BCUT2D eigenvalue weighted by molar-refractivity contribution is 7.81. The van der Waals surface area contributed by atoms with Crippen LogP contribution in [0.15, 0.2) is 24.3 Å². The number of urea groups is 1. The van der Waals surface area contributed by atoms with Crippen LogP contribution in [0.4, 0.5) is 15.3 Å². The molecule has 15 nitrogen and oxygen atoms in total. The zero-order valence-corrected chi connectivity index (χ0v) is 27.3. The molecule has 1 saturated heterocycles. The molecule has 0 spiro atoms. The SMILES string of the molecule is CNC(=O)OCc1ccc(NC(=O)[C@H](CCCNC(N)=O)NC(=O)[C@@H](NC(=O)CCCCCN2C(=O)CC(S)C2=O)C(C)C)cc1. The highest BCUT2D eigenvalue weighted by Crippen LogP contribution is 2.19. The molecule has 46 heavy (non-hydrogen) atoms. The Balaban J connectivity index is 1.94. The van der Waals surface area contributed by atoms with Crippen molar-refractivity contribution in [1.82, 2.24) is 26.2 Å². The molecule has 254 valence electrons. The summed E-state index contributed by atoms with van der Waals surface area (Å²) in [6, 6.07) is 3.98. The van der Waals surface area contributed by atoms with Crippen LogP contribution >= 0.6 is 12.6 Å². The lowest BCUT2D eigenvalue weighted by Crippen LogP contribution is -2.54. The number of likely N-dealkylation sites (tertiary alicyclic amines) is 1. The predicted octanol–water partition coefficient (Wildman–Crippen LogP) is 1.17. The zero-order chi connectivity index (χ0) is 34.2. The first-order valence-corrected chi connectivity index (χ1v) is 15.7. The molecule has 1 unspecified atom stereocenters. The number of primary amides is 1. The van der Waals surface area contributed by atoms with Crippen molar-refractivity contribution in [2.24, 2.45) is 11.7 Å². The number of unbranched alkanes of at least 4 members (excludes halogenated alkanes) is 2. The van der Waals surface area contributed by atoms with Gasteiger partial charge < -0.3 is 37.1 Å². The summed E-state index contributed by atoms with van der Waals surface area (Å²) in [5, 5.41) is 12.4. The molecule has 2 rings (SSSR count). The molecule has 1 heterocycles. The molecular formula is C30H45N7O8S. The van der Waals surface area contributed by atoms with Gasteiger partial charge in [-0.15, -0.1) is 0 Å². The average molecular weight is 664 g/mol. The zero-order valence-electron chi connectivity index (χ0n) is 26.4. The summed E-state index contributed by atoms with van der Waals surface area (Å²) in [5.74, 6) is -2.22. The van der Waals surface area contributed by atoms with Crippen molar-refractivity contribution in [2.45, 2.75) is 82.7 Å². The van der Waals surface area contributed by atoms with E-state index in [0.717, 1.165) is 0 Å². The van der Waals surface area contributed by atoms with Crippen LogP contribution in [0.25, 0.3) is 0 Å². The lowest BCUT2D eigenvalue weighted by molar-refractivity contribution is -0.138. The lowest BCUT2D eigenvalue weighted by Gasteiger charge is -2.25. The maximum atomic E-state index is 13.3. The molecule has 7 N–H and O–H groups in total. The number of nitrogens with zero attached hydrogens (tertiary/aromatic N) is 1. The first-order valence-electron chi connectivity index (χ1n) is 15.2. The van der Waals surface area contributed by atoms with E-state index in [1.165, 1.54) is 11.9 Å². The molecule has 0 radical (unpaired) electrons. The largest absolute Gasteiger partial charge is 0.445 e. The predicted molar refractivity (Wildman–Crippen MR) is 172 cm³/mol. The summed E-state index contributed by atoms with van der Waals surface area (Å²) in [4.78, 5) is 86.7. The van der Waals surface area contributed by atoms with Gasteiger partial charge in [0.1, 0.15) is 18.7 Å². The minimum Gasteiger partial charge on any atom is -0.445 e. The van der Waals surface area contributed by atoms with Crippen molar-refractivity contribution in [3.8, 4) is 0 Å². The van der Waals surface area contributed by atoms with Gasteiger partial charge in [0, 0.05) is 38.7 Å². The number of anilines is 1. The normalized spacial score (nSPS) is 15.6. The molecule has 0 aromatic heterocycles. The van der Waals surface area contributed by atoms with Crippen molar-refractivity contribution in [1.29, 1.82) is 0 Å². The molecule has 0 saturated carbocycles. The van der Waals surface area contributed by atoms with Crippen molar-refractivity contribution in [3.63, 3.8) is 0 Å². The summed E-state index contributed by atoms with van der Waals surface area (Å²) >= 11 is 4.11. The van der Waals surface area contributed by atoms with Crippen LogP contribution in [-0.4, -0.2) is 84.0 Å². The van der Waals surface area contributed by atoms with Crippen molar-refractivity contribution in [2.75, 3.05) is 25.5 Å². The number of imide groups is 1. The Bertz CT molecular complexity index is 1240. The molecule has 16 heteroatoms. The Labute approximate surface area is 273 Å². The van der Waals surface area contributed by atoms with Gasteiger partial charge in [-0.1, -0.05) is 32.4 Å². The fourth-order valence-electron chi connectivity index (χ4n) is 4.60. The summed E-state index contributed by atoms with van der Waals surface area (Å²) in [5.41, 5.74) is 6.27. The van der Waals surface area contributed by atoms with Gasteiger partial charge in [-0.05, 0) is 49.3 Å². The number of carbonyl (C=O) groups is 7. The van der Waals surface area contributed by atoms with Crippen LogP contribution in [0, 0.1) is 5.92 Å². The first kappa shape index (κ1) is 37.8. The Kier molecular flexibility index (Phi) is 15.8. The second-order valence-electron chi connectivity index (χ2n) is 11.2. The van der Waals surface area contributed by atoms with E-state index in [9.17, 15) is 33.6 Å². The van der Waals surface area contributed by atoms with Gasteiger partial charge >= 0.3 is 12.1 Å². The number of hydrogen-bond acceptors (Lipinski definition) is 9. The van der Waals surface area contributed by atoms with Crippen LogP contribution < -0.4 is 32.3 Å². The third kappa shape index (κ3) is 12.9. The summed E-state index contributed by atoms with van der Waals surface area (Å²) in [6.07, 6.45) is 1.81. The quantitative estimate of drug-likeness (QED) is 0.0685. The molecule has 8 amide bonds.